The van der Waals surface area contributed by atoms with Gasteiger partial charge in [-0.05, 0) is 11.8 Å². The molecule has 0 bridgehead atoms. The molecular formula is C11H12F6O4. The van der Waals surface area contributed by atoms with Crippen molar-refractivity contribution < 1.29 is 45.4 Å². The molecule has 0 unspecified atom stereocenters. The van der Waals surface area contributed by atoms with Gasteiger partial charge in [-0.3, -0.25) is 9.59 Å². The molecule has 0 aromatic carbocycles. The summed E-state index contributed by atoms with van der Waals surface area (Å²) in [5.41, 5.74) is -3.25. The Kier molecular flexibility index (Phi) is 4.23. The topological polar surface area (TPSA) is 52.6 Å². The monoisotopic (exact) mass is 322 g/mol. The van der Waals surface area contributed by atoms with Gasteiger partial charge >= 0.3 is 24.3 Å². The van der Waals surface area contributed by atoms with Gasteiger partial charge in [-0.2, -0.15) is 26.3 Å². The van der Waals surface area contributed by atoms with Gasteiger partial charge in [0, 0.05) is 0 Å². The standard InChI is InChI=1S/C11H12F6O4/c1-8(2)3-9(8,6(18)20-4-10(12,13)14)7(19)21-5-11(15,16)17/h3-5H2,1-2H3. The van der Waals surface area contributed by atoms with Gasteiger partial charge in [0.15, 0.2) is 18.6 Å². The summed E-state index contributed by atoms with van der Waals surface area (Å²) >= 11 is 0. The van der Waals surface area contributed by atoms with Crippen molar-refractivity contribution >= 4 is 11.9 Å². The first-order valence-corrected chi connectivity index (χ1v) is 5.69. The van der Waals surface area contributed by atoms with Crippen molar-refractivity contribution in [3.05, 3.63) is 0 Å². The van der Waals surface area contributed by atoms with Crippen molar-refractivity contribution in [3.8, 4) is 0 Å². The van der Waals surface area contributed by atoms with Gasteiger partial charge in [0.2, 0.25) is 0 Å². The van der Waals surface area contributed by atoms with E-state index in [0.717, 1.165) is 0 Å². The van der Waals surface area contributed by atoms with E-state index < -0.39 is 48.3 Å². The molecule has 0 aromatic rings. The fourth-order valence-corrected chi connectivity index (χ4v) is 1.94. The van der Waals surface area contributed by atoms with Gasteiger partial charge in [-0.25, -0.2) is 0 Å². The van der Waals surface area contributed by atoms with Crippen LogP contribution >= 0.6 is 0 Å². The van der Waals surface area contributed by atoms with Crippen molar-refractivity contribution in [1.82, 2.24) is 0 Å². The maximum Gasteiger partial charge on any atom is 0.422 e. The van der Waals surface area contributed by atoms with Crippen LogP contribution in [0.4, 0.5) is 26.3 Å². The highest BCUT2D eigenvalue weighted by molar-refractivity contribution is 6.04. The molecule has 0 aromatic heterocycles. The summed E-state index contributed by atoms with van der Waals surface area (Å²) in [4.78, 5) is 23.3. The highest BCUT2D eigenvalue weighted by atomic mass is 19.4. The van der Waals surface area contributed by atoms with E-state index in [4.69, 9.17) is 0 Å². The summed E-state index contributed by atoms with van der Waals surface area (Å²) in [5, 5.41) is 0. The van der Waals surface area contributed by atoms with Crippen LogP contribution in [-0.4, -0.2) is 37.5 Å². The first-order chi connectivity index (χ1) is 9.21. The third-order valence-electron chi connectivity index (χ3n) is 3.17. The molecule has 0 aliphatic heterocycles. The summed E-state index contributed by atoms with van der Waals surface area (Å²) in [6, 6.07) is 0. The Bertz CT molecular complexity index is 407. The number of halogens is 6. The lowest BCUT2D eigenvalue weighted by molar-refractivity contribution is -0.202. The second-order valence-corrected chi connectivity index (χ2v) is 5.35. The van der Waals surface area contributed by atoms with Crippen LogP contribution < -0.4 is 0 Å². The summed E-state index contributed by atoms with van der Waals surface area (Å²) in [5.74, 6) is -3.06. The number of hydrogen-bond donors (Lipinski definition) is 0. The molecule has 1 saturated carbocycles. The lowest BCUT2D eigenvalue weighted by Gasteiger charge is -2.19. The van der Waals surface area contributed by atoms with E-state index in [2.05, 4.69) is 9.47 Å². The van der Waals surface area contributed by atoms with Crippen molar-refractivity contribution in [2.24, 2.45) is 10.8 Å². The minimum absolute atomic E-state index is 0.243. The molecule has 0 amide bonds. The Hall–Kier alpha value is -1.48. The van der Waals surface area contributed by atoms with E-state index in [9.17, 15) is 35.9 Å². The van der Waals surface area contributed by atoms with Gasteiger partial charge in [0.05, 0.1) is 0 Å². The molecule has 0 spiro atoms. The molecule has 0 N–H and O–H groups in total. The lowest BCUT2D eigenvalue weighted by Crippen LogP contribution is -2.37. The SMILES string of the molecule is CC1(C)CC1(C(=O)OCC(F)(F)F)C(=O)OCC(F)(F)F. The third kappa shape index (κ3) is 4.01. The maximum atomic E-state index is 12.0. The minimum Gasteiger partial charge on any atom is -0.455 e. The molecular weight excluding hydrogens is 310 g/mol. The zero-order chi connectivity index (χ0) is 16.7. The van der Waals surface area contributed by atoms with E-state index in [0.29, 0.717) is 0 Å². The quantitative estimate of drug-likeness (QED) is 0.454. The van der Waals surface area contributed by atoms with Crippen LogP contribution in [0.15, 0.2) is 0 Å². The number of hydrogen-bond acceptors (Lipinski definition) is 4. The fraction of sp³-hybridized carbons (Fsp3) is 0.818. The zero-order valence-electron chi connectivity index (χ0n) is 11.0. The van der Waals surface area contributed by atoms with Crippen LogP contribution in [-0.2, 0) is 19.1 Å². The molecule has 0 atom stereocenters. The Morgan fingerprint density at radius 3 is 1.38 bits per heavy atom. The molecule has 0 saturated heterocycles. The largest absolute Gasteiger partial charge is 0.455 e. The fourth-order valence-electron chi connectivity index (χ4n) is 1.94. The summed E-state index contributed by atoms with van der Waals surface area (Å²) < 4.78 is 79.8. The number of ether oxygens (including phenoxy) is 2. The molecule has 1 rings (SSSR count). The predicted octanol–water partition coefficient (Wildman–Crippen LogP) is 2.61. The first kappa shape index (κ1) is 17.6. The van der Waals surface area contributed by atoms with Crippen molar-refractivity contribution in [1.29, 1.82) is 0 Å². The molecule has 21 heavy (non-hydrogen) atoms. The van der Waals surface area contributed by atoms with Crippen molar-refractivity contribution in [2.45, 2.75) is 32.6 Å². The summed E-state index contributed by atoms with van der Waals surface area (Å²) in [6.45, 7) is -1.15. The number of carbonyl (C=O) groups is 2. The molecule has 1 aliphatic carbocycles. The molecule has 1 aliphatic rings. The van der Waals surface area contributed by atoms with Gasteiger partial charge in [0.25, 0.3) is 0 Å². The molecule has 4 nitrogen and oxygen atoms in total. The van der Waals surface area contributed by atoms with Crippen LogP contribution in [0, 0.1) is 10.8 Å². The second-order valence-electron chi connectivity index (χ2n) is 5.35. The molecule has 122 valence electrons. The Labute approximate surface area is 115 Å². The summed E-state index contributed by atoms with van der Waals surface area (Å²) in [7, 11) is 0. The highest BCUT2D eigenvalue weighted by Gasteiger charge is 2.74. The lowest BCUT2D eigenvalue weighted by atomic mass is 9.96. The smallest absolute Gasteiger partial charge is 0.422 e. The number of rotatable bonds is 4. The summed E-state index contributed by atoms with van der Waals surface area (Å²) in [6.07, 6.45) is -9.84. The average molecular weight is 322 g/mol. The molecule has 10 heteroatoms. The van der Waals surface area contributed by atoms with Gasteiger partial charge in [-0.1, -0.05) is 13.8 Å². The number of esters is 2. The average Bonchev–Trinajstić information content (AvgIpc) is 2.85. The first-order valence-electron chi connectivity index (χ1n) is 5.69. The van der Waals surface area contributed by atoms with Crippen LogP contribution in [0.25, 0.3) is 0 Å². The van der Waals surface area contributed by atoms with E-state index in [1.54, 1.807) is 0 Å². The van der Waals surface area contributed by atoms with Crippen molar-refractivity contribution in [2.75, 3.05) is 13.2 Å². The van der Waals surface area contributed by atoms with E-state index >= 15 is 0 Å². The van der Waals surface area contributed by atoms with E-state index in [1.807, 2.05) is 0 Å². The van der Waals surface area contributed by atoms with Gasteiger partial charge in [-0.15, -0.1) is 0 Å². The van der Waals surface area contributed by atoms with Crippen molar-refractivity contribution in [3.63, 3.8) is 0 Å². The highest BCUT2D eigenvalue weighted by Crippen LogP contribution is 2.64. The predicted molar refractivity (Wildman–Crippen MR) is 54.9 cm³/mol. The van der Waals surface area contributed by atoms with E-state index in [-0.39, 0.29) is 6.42 Å². The number of alkyl halides is 6. The Morgan fingerprint density at radius 1 is 0.905 bits per heavy atom. The van der Waals surface area contributed by atoms with Gasteiger partial charge in [0.1, 0.15) is 0 Å². The maximum absolute atomic E-state index is 12.0. The van der Waals surface area contributed by atoms with Gasteiger partial charge < -0.3 is 9.47 Å². The molecule has 0 heterocycles. The van der Waals surface area contributed by atoms with Crippen LogP contribution in [0.2, 0.25) is 0 Å². The number of carbonyl (C=O) groups excluding carboxylic acids is 2. The Morgan fingerprint density at radius 2 is 1.19 bits per heavy atom. The zero-order valence-corrected chi connectivity index (χ0v) is 11.0. The van der Waals surface area contributed by atoms with Crippen LogP contribution in [0.5, 0.6) is 0 Å². The normalized spacial score (nSPS) is 19.8. The third-order valence-corrected chi connectivity index (χ3v) is 3.17. The molecule has 1 fully saturated rings. The van der Waals surface area contributed by atoms with Crippen LogP contribution in [0.3, 0.4) is 0 Å². The van der Waals surface area contributed by atoms with E-state index in [1.165, 1.54) is 13.8 Å². The van der Waals surface area contributed by atoms with Crippen LogP contribution in [0.1, 0.15) is 20.3 Å². The molecule has 0 radical (unpaired) electrons. The minimum atomic E-state index is -4.80. The second kappa shape index (κ2) is 5.06. The Balaban J connectivity index is 2.77.